The summed E-state index contributed by atoms with van der Waals surface area (Å²) in [5.41, 5.74) is 0. The Morgan fingerprint density at radius 3 is 1.18 bits per heavy atom. The number of carbonyl (C=O) groups excluding carboxylic acids is 2. The molecule has 0 spiro atoms. The number of hydrogen-bond acceptors (Lipinski definition) is 11. The lowest BCUT2D eigenvalue weighted by atomic mass is 10.5. The first-order valence-corrected chi connectivity index (χ1v) is 14.5. The van der Waals surface area contributed by atoms with Crippen LogP contribution in [0, 0.1) is 0 Å². The molecule has 1 saturated heterocycles. The zero-order valence-electron chi connectivity index (χ0n) is 28.5. The summed E-state index contributed by atoms with van der Waals surface area (Å²) in [4.78, 5) is 21.3. The standard InChI is InChI=1S/C5H11NO.C4H11N.C3H9N.C3H6O2.C3H8O.C3H6O.C2H7N.C2H6O.C2H6S/c1-6-2-4-7-5-3-6;1-3-4-5-2;1-3-4-2;1-3(4)5-2;1-3-4-2;1-3(2)4;3*1-3-2/h2-5H2,1H3;5H,3-4H2,1-2H3;4H,3H2,1-2H3;1-2H3;3H2,1-2H3;1-2H3;3H,1-2H3;2*1-2H3. The van der Waals surface area contributed by atoms with Gasteiger partial charge in [-0.2, -0.15) is 11.8 Å². The van der Waals surface area contributed by atoms with Gasteiger partial charge in [0.2, 0.25) is 0 Å². The van der Waals surface area contributed by atoms with Crippen LogP contribution in [0.2, 0.25) is 0 Å². The molecule has 1 fully saturated rings. The van der Waals surface area contributed by atoms with Gasteiger partial charge in [-0.15, -0.1) is 0 Å². The fourth-order valence-corrected chi connectivity index (χ4v) is 0.905. The maximum Gasteiger partial charge on any atom is 0.302 e. The molecule has 1 heterocycles. The van der Waals surface area contributed by atoms with Gasteiger partial charge in [0.05, 0.1) is 20.3 Å². The zero-order chi connectivity index (χ0) is 32.0. The lowest BCUT2D eigenvalue weighted by molar-refractivity contribution is -0.137. The van der Waals surface area contributed by atoms with E-state index in [1.807, 2.05) is 47.6 Å². The van der Waals surface area contributed by atoms with Crippen LogP contribution in [0.3, 0.4) is 0 Å². The van der Waals surface area contributed by atoms with Gasteiger partial charge in [0.1, 0.15) is 5.78 Å². The third kappa shape index (κ3) is 236. The van der Waals surface area contributed by atoms with Crippen molar-refractivity contribution >= 4 is 23.5 Å². The quantitative estimate of drug-likeness (QED) is 0.428. The van der Waals surface area contributed by atoms with Crippen molar-refractivity contribution in [3.05, 3.63) is 0 Å². The van der Waals surface area contributed by atoms with Crippen LogP contribution in [-0.2, 0) is 28.5 Å². The summed E-state index contributed by atoms with van der Waals surface area (Å²) in [6.07, 6.45) is 5.32. The molecule has 0 aromatic rings. The number of rotatable bonds is 4. The number of likely N-dealkylation sites (N-methyl/N-ethyl adjacent to an activating group) is 1. The fraction of sp³-hybridized carbons (Fsp3) is 0.926. The van der Waals surface area contributed by atoms with Crippen molar-refractivity contribution in [1.29, 1.82) is 0 Å². The topological polar surface area (TPSA) is 110 Å². The molecule has 0 amide bonds. The third-order valence-corrected chi connectivity index (χ3v) is 2.66. The Morgan fingerprint density at radius 2 is 1.13 bits per heavy atom. The predicted molar refractivity (Wildman–Crippen MR) is 171 cm³/mol. The second-order valence-electron chi connectivity index (χ2n) is 7.22. The predicted octanol–water partition coefficient (Wildman–Crippen LogP) is 3.29. The Bertz CT molecular complexity index is 322. The molecule has 10 nitrogen and oxygen atoms in total. The maximum atomic E-state index is 9.59. The molecule has 0 aromatic heterocycles. The summed E-state index contributed by atoms with van der Waals surface area (Å²) in [7, 11) is 16.0. The Balaban J connectivity index is -0.0000000452. The minimum Gasteiger partial charge on any atom is -0.469 e. The van der Waals surface area contributed by atoms with Crippen LogP contribution in [0.15, 0.2) is 0 Å². The summed E-state index contributed by atoms with van der Waals surface area (Å²) in [6.45, 7) is 17.6. The van der Waals surface area contributed by atoms with Crippen LogP contribution in [0.1, 0.15) is 48.0 Å². The first kappa shape index (κ1) is 57.2. The van der Waals surface area contributed by atoms with Crippen LogP contribution in [0.4, 0.5) is 0 Å². The zero-order valence-corrected chi connectivity index (χ0v) is 29.3. The van der Waals surface area contributed by atoms with Crippen LogP contribution in [0.5, 0.6) is 0 Å². The van der Waals surface area contributed by atoms with Gasteiger partial charge in [0.25, 0.3) is 0 Å². The molecule has 0 saturated carbocycles. The molecular weight excluding hydrogens is 508 g/mol. The highest BCUT2D eigenvalue weighted by Gasteiger charge is 2.02. The molecule has 0 radical (unpaired) electrons. The van der Waals surface area contributed by atoms with Gasteiger partial charge in [-0.25, -0.2) is 0 Å². The van der Waals surface area contributed by atoms with Crippen LogP contribution in [-0.4, -0.2) is 139 Å². The van der Waals surface area contributed by atoms with E-state index in [1.165, 1.54) is 34.3 Å². The minimum absolute atomic E-state index is 0.167. The average Bonchev–Trinajstić information content (AvgIpc) is 2.87. The number of nitrogens with zero attached hydrogens (tertiary/aromatic N) is 1. The molecule has 0 aliphatic carbocycles. The maximum absolute atomic E-state index is 9.59. The average molecular weight is 579 g/mol. The smallest absolute Gasteiger partial charge is 0.302 e. The van der Waals surface area contributed by atoms with Crippen molar-refractivity contribution in [2.75, 3.05) is 122 Å². The number of methoxy groups -OCH3 is 3. The van der Waals surface area contributed by atoms with Crippen molar-refractivity contribution in [1.82, 2.24) is 20.9 Å². The van der Waals surface area contributed by atoms with Gasteiger partial charge in [-0.1, -0.05) is 13.8 Å². The number of thioether (sulfide) groups is 1. The van der Waals surface area contributed by atoms with Crippen molar-refractivity contribution in [3.8, 4) is 0 Å². The van der Waals surface area contributed by atoms with Gasteiger partial charge in [-0.3, -0.25) is 4.79 Å². The van der Waals surface area contributed by atoms with Crippen LogP contribution in [0.25, 0.3) is 0 Å². The van der Waals surface area contributed by atoms with Gasteiger partial charge in [0.15, 0.2) is 0 Å². The van der Waals surface area contributed by atoms with Crippen LogP contribution < -0.4 is 16.0 Å². The number of Topliss-reactive ketones (excluding diaryl/α,β-unsaturated/α-hetero) is 1. The Kier molecular flexibility index (Phi) is 115. The van der Waals surface area contributed by atoms with Gasteiger partial charge < -0.3 is 44.6 Å². The summed E-state index contributed by atoms with van der Waals surface area (Å²) in [6, 6.07) is 0. The number of ether oxygens (including phenoxy) is 4. The number of esters is 1. The van der Waals surface area contributed by atoms with Gasteiger partial charge in [-0.05, 0) is 88.0 Å². The van der Waals surface area contributed by atoms with E-state index in [-0.39, 0.29) is 11.8 Å². The number of carbonyl (C=O) groups is 2. The van der Waals surface area contributed by atoms with E-state index in [9.17, 15) is 9.59 Å². The summed E-state index contributed by atoms with van der Waals surface area (Å²) in [5, 5.41) is 8.70. The summed E-state index contributed by atoms with van der Waals surface area (Å²) < 4.78 is 18.0. The SMILES string of the molecule is CC(C)=O.CCCNC.CCNC.CCOC.CN1CCOCC1.CNC.COC.COC(C)=O.CSC. The Labute approximate surface area is 243 Å². The van der Waals surface area contributed by atoms with Crippen molar-refractivity contribution < 1.29 is 28.5 Å². The second kappa shape index (κ2) is 76.6. The monoisotopic (exact) mass is 579 g/mol. The molecular formula is C27H70N4O6S. The van der Waals surface area contributed by atoms with E-state index in [0.717, 1.165) is 46.0 Å². The van der Waals surface area contributed by atoms with Crippen molar-refractivity contribution in [2.24, 2.45) is 0 Å². The molecule has 0 unspecified atom stereocenters. The van der Waals surface area contributed by atoms with E-state index in [1.54, 1.807) is 33.1 Å². The highest BCUT2D eigenvalue weighted by Crippen LogP contribution is 1.89. The van der Waals surface area contributed by atoms with E-state index in [2.05, 4.69) is 56.0 Å². The number of ketones is 1. The lowest BCUT2D eigenvalue weighted by Crippen LogP contribution is -2.32. The molecule has 0 atom stereocenters. The summed E-state index contributed by atoms with van der Waals surface area (Å²) in [5.74, 6) is -0.0787. The number of nitrogens with one attached hydrogen (secondary N) is 3. The molecule has 240 valence electrons. The normalized spacial score (nSPS) is 10.3. The molecule has 1 rings (SSSR count). The molecule has 3 N–H and O–H groups in total. The van der Waals surface area contributed by atoms with E-state index >= 15 is 0 Å². The van der Waals surface area contributed by atoms with E-state index in [0.29, 0.717) is 0 Å². The first-order chi connectivity index (χ1) is 17.9. The van der Waals surface area contributed by atoms with Crippen LogP contribution >= 0.6 is 11.8 Å². The fourth-order valence-electron chi connectivity index (χ4n) is 0.905. The van der Waals surface area contributed by atoms with Crippen molar-refractivity contribution in [3.63, 3.8) is 0 Å². The highest BCUT2D eigenvalue weighted by atomic mass is 32.2. The Hall–Kier alpha value is -0.790. The largest absolute Gasteiger partial charge is 0.469 e. The third-order valence-electron chi connectivity index (χ3n) is 2.66. The van der Waals surface area contributed by atoms with Gasteiger partial charge in [0, 0.05) is 47.9 Å². The number of hydrogen-bond donors (Lipinski definition) is 3. The Morgan fingerprint density at radius 1 is 0.868 bits per heavy atom. The lowest BCUT2D eigenvalue weighted by Gasteiger charge is -2.21. The van der Waals surface area contributed by atoms with Gasteiger partial charge >= 0.3 is 5.97 Å². The number of morpholine rings is 1. The molecule has 38 heavy (non-hydrogen) atoms. The molecule has 11 heteroatoms. The molecule has 1 aliphatic rings. The van der Waals surface area contributed by atoms with E-state index < -0.39 is 0 Å². The first-order valence-electron chi connectivity index (χ1n) is 12.8. The van der Waals surface area contributed by atoms with E-state index in [4.69, 9.17) is 4.74 Å². The van der Waals surface area contributed by atoms with Crippen molar-refractivity contribution in [2.45, 2.75) is 48.0 Å². The molecule has 0 bridgehead atoms. The second-order valence-corrected chi connectivity index (χ2v) is 8.04. The molecule has 1 aliphatic heterocycles. The highest BCUT2D eigenvalue weighted by molar-refractivity contribution is 7.97. The molecule has 0 aromatic carbocycles. The summed E-state index contributed by atoms with van der Waals surface area (Å²) >= 11 is 1.75. The minimum atomic E-state index is -0.245.